The first kappa shape index (κ1) is 12.5. The molecule has 0 bridgehead atoms. The van der Waals surface area contributed by atoms with E-state index in [1.807, 2.05) is 32.9 Å². The van der Waals surface area contributed by atoms with Crippen molar-refractivity contribution in [2.45, 2.75) is 33.2 Å². The van der Waals surface area contributed by atoms with Crippen LogP contribution < -0.4 is 10.6 Å². The number of hydrogen-bond donors (Lipinski definition) is 2. The molecule has 0 aliphatic rings. The molecule has 1 heterocycles. The number of rotatable bonds is 5. The Bertz CT molecular complexity index is 350. The smallest absolute Gasteiger partial charge is 0.221 e. The Balaban J connectivity index is 2.31. The summed E-state index contributed by atoms with van der Waals surface area (Å²) in [5.41, 5.74) is 1.09. The second-order valence-corrected chi connectivity index (χ2v) is 4.07. The number of carbonyl (C=O) groups is 1. The normalized spacial score (nSPS) is 10.2. The molecule has 1 amide bonds. The molecule has 4 nitrogen and oxygen atoms in total. The molecule has 16 heavy (non-hydrogen) atoms. The van der Waals surface area contributed by atoms with Gasteiger partial charge in [0.05, 0.1) is 0 Å². The lowest BCUT2D eigenvalue weighted by Gasteiger charge is -2.10. The van der Waals surface area contributed by atoms with Gasteiger partial charge in [-0.3, -0.25) is 4.79 Å². The molecular weight excluding hydrogens is 202 g/mol. The molecule has 0 atom stereocenters. The molecule has 1 aromatic heterocycles. The highest BCUT2D eigenvalue weighted by Crippen LogP contribution is 2.08. The number of aryl methyl sites for hydroxylation is 1. The fourth-order valence-corrected chi connectivity index (χ4v) is 1.36. The summed E-state index contributed by atoms with van der Waals surface area (Å²) in [6.07, 6.45) is 2.21. The van der Waals surface area contributed by atoms with Gasteiger partial charge in [-0.15, -0.1) is 0 Å². The predicted molar refractivity (Wildman–Crippen MR) is 65.4 cm³/mol. The van der Waals surface area contributed by atoms with E-state index in [2.05, 4.69) is 15.6 Å². The third kappa shape index (κ3) is 4.29. The topological polar surface area (TPSA) is 54.0 Å². The SMILES string of the molecule is Cc1cccnc1NCCC(=O)NC(C)C. The van der Waals surface area contributed by atoms with Crippen LogP contribution in [0.5, 0.6) is 0 Å². The second kappa shape index (κ2) is 6.10. The van der Waals surface area contributed by atoms with Crippen molar-refractivity contribution in [1.29, 1.82) is 0 Å². The number of aromatic nitrogens is 1. The third-order valence-corrected chi connectivity index (χ3v) is 2.10. The van der Waals surface area contributed by atoms with Crippen LogP contribution in [-0.2, 0) is 4.79 Å². The highest BCUT2D eigenvalue weighted by atomic mass is 16.1. The zero-order valence-corrected chi connectivity index (χ0v) is 10.1. The van der Waals surface area contributed by atoms with E-state index < -0.39 is 0 Å². The molecule has 0 aliphatic heterocycles. The fraction of sp³-hybridized carbons (Fsp3) is 0.500. The first-order valence-electron chi connectivity index (χ1n) is 5.54. The van der Waals surface area contributed by atoms with E-state index in [0.29, 0.717) is 13.0 Å². The molecule has 0 radical (unpaired) electrons. The Morgan fingerprint density at radius 1 is 1.50 bits per heavy atom. The molecule has 2 N–H and O–H groups in total. The zero-order chi connectivity index (χ0) is 12.0. The molecule has 0 fully saturated rings. The number of pyridine rings is 1. The lowest BCUT2D eigenvalue weighted by Crippen LogP contribution is -2.31. The van der Waals surface area contributed by atoms with Crippen LogP contribution in [0.25, 0.3) is 0 Å². The first-order valence-corrected chi connectivity index (χ1v) is 5.54. The summed E-state index contributed by atoms with van der Waals surface area (Å²) in [4.78, 5) is 15.6. The number of hydrogen-bond acceptors (Lipinski definition) is 3. The number of carbonyl (C=O) groups excluding carboxylic acids is 1. The molecule has 88 valence electrons. The Morgan fingerprint density at radius 2 is 2.25 bits per heavy atom. The molecule has 1 rings (SSSR count). The van der Waals surface area contributed by atoms with Crippen LogP contribution in [0.4, 0.5) is 5.82 Å². The van der Waals surface area contributed by atoms with Gasteiger partial charge >= 0.3 is 0 Å². The molecule has 0 saturated heterocycles. The largest absolute Gasteiger partial charge is 0.369 e. The van der Waals surface area contributed by atoms with Crippen LogP contribution in [0, 0.1) is 6.92 Å². The molecule has 0 unspecified atom stereocenters. The van der Waals surface area contributed by atoms with Crippen molar-refractivity contribution >= 4 is 11.7 Å². The molecule has 0 saturated carbocycles. The van der Waals surface area contributed by atoms with Crippen LogP contribution in [0.15, 0.2) is 18.3 Å². The summed E-state index contributed by atoms with van der Waals surface area (Å²) < 4.78 is 0. The summed E-state index contributed by atoms with van der Waals surface area (Å²) in [5.74, 6) is 0.913. The number of anilines is 1. The van der Waals surface area contributed by atoms with E-state index in [9.17, 15) is 4.79 Å². The summed E-state index contributed by atoms with van der Waals surface area (Å²) in [7, 11) is 0. The Morgan fingerprint density at radius 3 is 2.88 bits per heavy atom. The van der Waals surface area contributed by atoms with Crippen molar-refractivity contribution in [3.05, 3.63) is 23.9 Å². The minimum absolute atomic E-state index is 0.0658. The first-order chi connectivity index (χ1) is 7.59. The van der Waals surface area contributed by atoms with Crippen LogP contribution in [0.3, 0.4) is 0 Å². The monoisotopic (exact) mass is 221 g/mol. The van der Waals surface area contributed by atoms with Crippen molar-refractivity contribution in [2.24, 2.45) is 0 Å². The van der Waals surface area contributed by atoms with E-state index in [0.717, 1.165) is 11.4 Å². The van der Waals surface area contributed by atoms with E-state index in [-0.39, 0.29) is 11.9 Å². The molecule has 4 heteroatoms. The molecule has 0 spiro atoms. The van der Waals surface area contributed by atoms with Crippen LogP contribution >= 0.6 is 0 Å². The lowest BCUT2D eigenvalue weighted by atomic mass is 10.3. The summed E-state index contributed by atoms with van der Waals surface area (Å²) >= 11 is 0. The van der Waals surface area contributed by atoms with Crippen LogP contribution in [-0.4, -0.2) is 23.5 Å². The van der Waals surface area contributed by atoms with Crippen molar-refractivity contribution in [1.82, 2.24) is 10.3 Å². The lowest BCUT2D eigenvalue weighted by molar-refractivity contribution is -0.121. The highest BCUT2D eigenvalue weighted by molar-refractivity contribution is 5.76. The van der Waals surface area contributed by atoms with Crippen molar-refractivity contribution in [3.8, 4) is 0 Å². The van der Waals surface area contributed by atoms with Crippen LogP contribution in [0.1, 0.15) is 25.8 Å². The molecule has 1 aromatic rings. The van der Waals surface area contributed by atoms with E-state index in [1.54, 1.807) is 6.20 Å². The maximum atomic E-state index is 11.4. The maximum Gasteiger partial charge on any atom is 0.221 e. The summed E-state index contributed by atoms with van der Waals surface area (Å²) in [6, 6.07) is 4.08. The third-order valence-electron chi connectivity index (χ3n) is 2.10. The van der Waals surface area contributed by atoms with Gasteiger partial charge in [0.15, 0.2) is 0 Å². The van der Waals surface area contributed by atoms with E-state index in [1.165, 1.54) is 0 Å². The molecule has 0 aromatic carbocycles. The fourth-order valence-electron chi connectivity index (χ4n) is 1.36. The number of amides is 1. The van der Waals surface area contributed by atoms with Gasteiger partial charge < -0.3 is 10.6 Å². The van der Waals surface area contributed by atoms with Gasteiger partial charge in [0, 0.05) is 25.2 Å². The van der Waals surface area contributed by atoms with Crippen molar-refractivity contribution in [2.75, 3.05) is 11.9 Å². The van der Waals surface area contributed by atoms with Crippen molar-refractivity contribution < 1.29 is 4.79 Å². The van der Waals surface area contributed by atoms with Gasteiger partial charge in [0.1, 0.15) is 5.82 Å². The van der Waals surface area contributed by atoms with Crippen molar-refractivity contribution in [3.63, 3.8) is 0 Å². The average molecular weight is 221 g/mol. The number of nitrogens with zero attached hydrogens (tertiary/aromatic N) is 1. The Labute approximate surface area is 96.5 Å². The Hall–Kier alpha value is -1.58. The Kier molecular flexibility index (Phi) is 4.76. The minimum Gasteiger partial charge on any atom is -0.369 e. The van der Waals surface area contributed by atoms with E-state index >= 15 is 0 Å². The standard InChI is InChI=1S/C12H19N3O/c1-9(2)15-11(16)6-8-14-12-10(3)5-4-7-13-12/h4-5,7,9H,6,8H2,1-3H3,(H,13,14)(H,15,16). The van der Waals surface area contributed by atoms with Gasteiger partial charge in [-0.1, -0.05) is 6.07 Å². The van der Waals surface area contributed by atoms with Gasteiger partial charge in [-0.25, -0.2) is 4.98 Å². The minimum atomic E-state index is 0.0658. The van der Waals surface area contributed by atoms with Crippen LogP contribution in [0.2, 0.25) is 0 Å². The van der Waals surface area contributed by atoms with E-state index in [4.69, 9.17) is 0 Å². The second-order valence-electron chi connectivity index (χ2n) is 4.07. The predicted octanol–water partition coefficient (Wildman–Crippen LogP) is 1.72. The molecule has 0 aliphatic carbocycles. The number of nitrogens with one attached hydrogen (secondary N) is 2. The average Bonchev–Trinajstić information content (AvgIpc) is 2.19. The zero-order valence-electron chi connectivity index (χ0n) is 10.1. The van der Waals surface area contributed by atoms with Gasteiger partial charge in [-0.2, -0.15) is 0 Å². The summed E-state index contributed by atoms with van der Waals surface area (Å²) in [5, 5.41) is 5.99. The van der Waals surface area contributed by atoms with Gasteiger partial charge in [-0.05, 0) is 32.4 Å². The van der Waals surface area contributed by atoms with Gasteiger partial charge in [0.25, 0.3) is 0 Å². The maximum absolute atomic E-state index is 11.4. The summed E-state index contributed by atoms with van der Waals surface area (Å²) in [6.45, 7) is 6.50. The molecular formula is C12H19N3O. The van der Waals surface area contributed by atoms with Gasteiger partial charge in [0.2, 0.25) is 5.91 Å². The highest BCUT2D eigenvalue weighted by Gasteiger charge is 2.03. The quantitative estimate of drug-likeness (QED) is 0.796.